The summed E-state index contributed by atoms with van der Waals surface area (Å²) in [6, 6.07) is 8.23. The van der Waals surface area contributed by atoms with Gasteiger partial charge in [0.05, 0.1) is 6.10 Å². The third kappa shape index (κ3) is 7.65. The van der Waals surface area contributed by atoms with Crippen molar-refractivity contribution in [3.63, 3.8) is 0 Å². The first kappa shape index (κ1) is 27.9. The van der Waals surface area contributed by atoms with Gasteiger partial charge < -0.3 is 19.2 Å². The molecule has 1 atom stereocenters. The third-order valence-corrected chi connectivity index (χ3v) is 12.0. The number of hydrogen-bond acceptors (Lipinski definition) is 6. The molecule has 3 rings (SSSR count). The van der Waals surface area contributed by atoms with Crippen molar-refractivity contribution in [3.8, 4) is 17.1 Å². The maximum Gasteiger partial charge on any atom is 0.192 e. The van der Waals surface area contributed by atoms with Gasteiger partial charge in [0.25, 0.3) is 0 Å². The standard InChI is InChI=1S/C27H42ClN3O3Si/c1-8-10-23(34-35(6,7)27(3,4)5)18-33-22-12-9-11-20(17-22)26-30-24(28)19(2)25(31-26)29-21-13-15-32-16-14-21/h9,11-12,17,21,23H,8,10,13-16,18H2,1-7H3,(H,29,30,31). The number of nitrogens with one attached hydrogen (secondary N) is 1. The Bertz CT molecular complexity index is 975. The van der Waals surface area contributed by atoms with Crippen LogP contribution in [0, 0.1) is 6.92 Å². The van der Waals surface area contributed by atoms with Gasteiger partial charge in [-0.15, -0.1) is 0 Å². The van der Waals surface area contributed by atoms with E-state index in [9.17, 15) is 0 Å². The Morgan fingerprint density at radius 1 is 1.20 bits per heavy atom. The maximum atomic E-state index is 6.65. The summed E-state index contributed by atoms with van der Waals surface area (Å²) in [5.41, 5.74) is 1.73. The molecule has 1 aliphatic heterocycles. The average Bonchev–Trinajstić information content (AvgIpc) is 2.80. The molecule has 2 heterocycles. The van der Waals surface area contributed by atoms with E-state index < -0.39 is 8.32 Å². The summed E-state index contributed by atoms with van der Waals surface area (Å²) in [6.07, 6.45) is 4.02. The second kappa shape index (κ2) is 12.0. The van der Waals surface area contributed by atoms with E-state index in [1.807, 2.05) is 31.2 Å². The summed E-state index contributed by atoms with van der Waals surface area (Å²) < 4.78 is 18.4. The van der Waals surface area contributed by atoms with Gasteiger partial charge in [-0.25, -0.2) is 9.97 Å². The van der Waals surface area contributed by atoms with Crippen molar-refractivity contribution in [3.05, 3.63) is 35.0 Å². The predicted octanol–water partition coefficient (Wildman–Crippen LogP) is 7.27. The van der Waals surface area contributed by atoms with Crippen LogP contribution in [0.4, 0.5) is 5.82 Å². The summed E-state index contributed by atoms with van der Waals surface area (Å²) in [5.74, 6) is 2.15. The number of benzene rings is 1. The number of nitrogens with zero attached hydrogens (tertiary/aromatic N) is 2. The highest BCUT2D eigenvalue weighted by Gasteiger charge is 2.39. The monoisotopic (exact) mass is 519 g/mol. The van der Waals surface area contributed by atoms with E-state index in [1.165, 1.54) is 0 Å². The highest BCUT2D eigenvalue weighted by Crippen LogP contribution is 2.38. The minimum absolute atomic E-state index is 0.0740. The zero-order chi connectivity index (χ0) is 25.6. The van der Waals surface area contributed by atoms with Crippen molar-refractivity contribution in [2.45, 2.75) is 90.6 Å². The van der Waals surface area contributed by atoms with Crippen LogP contribution in [0.5, 0.6) is 5.75 Å². The van der Waals surface area contributed by atoms with Crippen LogP contribution < -0.4 is 10.1 Å². The van der Waals surface area contributed by atoms with Gasteiger partial charge in [0.15, 0.2) is 14.1 Å². The topological polar surface area (TPSA) is 65.5 Å². The van der Waals surface area contributed by atoms with Crippen molar-refractivity contribution in [2.24, 2.45) is 0 Å². The highest BCUT2D eigenvalue weighted by atomic mass is 35.5. The smallest absolute Gasteiger partial charge is 0.192 e. The Balaban J connectivity index is 1.74. The molecule has 1 aliphatic rings. The molecule has 194 valence electrons. The van der Waals surface area contributed by atoms with Crippen LogP contribution in [0.2, 0.25) is 23.3 Å². The largest absolute Gasteiger partial charge is 0.491 e. The van der Waals surface area contributed by atoms with Crippen LogP contribution in [-0.4, -0.2) is 50.3 Å². The van der Waals surface area contributed by atoms with Gasteiger partial charge in [0, 0.05) is 30.4 Å². The third-order valence-electron chi connectivity index (χ3n) is 7.05. The Morgan fingerprint density at radius 3 is 2.57 bits per heavy atom. The fourth-order valence-corrected chi connectivity index (χ4v) is 5.34. The molecule has 0 saturated carbocycles. The lowest BCUT2D eigenvalue weighted by Gasteiger charge is -2.39. The van der Waals surface area contributed by atoms with Crippen molar-refractivity contribution < 1.29 is 13.9 Å². The van der Waals surface area contributed by atoms with Crippen molar-refractivity contribution in [2.75, 3.05) is 25.1 Å². The molecular formula is C27H42ClN3O3Si. The molecule has 1 saturated heterocycles. The minimum Gasteiger partial charge on any atom is -0.491 e. The zero-order valence-electron chi connectivity index (χ0n) is 22.4. The van der Waals surface area contributed by atoms with E-state index in [-0.39, 0.29) is 11.1 Å². The normalized spacial score (nSPS) is 16.2. The quantitative estimate of drug-likeness (QED) is 0.263. The van der Waals surface area contributed by atoms with Gasteiger partial charge in [-0.1, -0.05) is 57.8 Å². The van der Waals surface area contributed by atoms with E-state index in [2.05, 4.69) is 51.1 Å². The zero-order valence-corrected chi connectivity index (χ0v) is 24.2. The minimum atomic E-state index is -1.87. The number of hydrogen-bond donors (Lipinski definition) is 1. The first-order valence-corrected chi connectivity index (χ1v) is 16.1. The molecule has 8 heteroatoms. The molecule has 0 aliphatic carbocycles. The second-order valence-electron chi connectivity index (χ2n) is 11.0. The summed E-state index contributed by atoms with van der Waals surface area (Å²) in [7, 11) is -1.87. The first-order valence-electron chi connectivity index (χ1n) is 12.8. The number of rotatable bonds is 10. The summed E-state index contributed by atoms with van der Waals surface area (Å²) in [6.45, 7) is 17.6. The predicted molar refractivity (Wildman–Crippen MR) is 147 cm³/mol. The lowest BCUT2D eigenvalue weighted by atomic mass is 10.1. The highest BCUT2D eigenvalue weighted by molar-refractivity contribution is 6.74. The molecule has 0 amide bonds. The van der Waals surface area contributed by atoms with Gasteiger partial charge in [0.1, 0.15) is 23.3 Å². The Hall–Kier alpha value is -1.67. The lowest BCUT2D eigenvalue weighted by molar-refractivity contribution is 0.0904. The maximum absolute atomic E-state index is 6.65. The van der Waals surface area contributed by atoms with E-state index in [0.717, 1.165) is 61.6 Å². The molecule has 0 spiro atoms. The molecule has 1 aromatic heterocycles. The molecule has 1 fully saturated rings. The molecule has 6 nitrogen and oxygen atoms in total. The fraction of sp³-hybridized carbons (Fsp3) is 0.630. The van der Waals surface area contributed by atoms with E-state index >= 15 is 0 Å². The molecule has 1 unspecified atom stereocenters. The van der Waals surface area contributed by atoms with Crippen LogP contribution in [0.15, 0.2) is 24.3 Å². The number of aromatic nitrogens is 2. The van der Waals surface area contributed by atoms with Gasteiger partial charge in [-0.2, -0.15) is 0 Å². The van der Waals surface area contributed by atoms with E-state index in [0.29, 0.717) is 23.6 Å². The van der Waals surface area contributed by atoms with Gasteiger partial charge in [0.2, 0.25) is 0 Å². The SMILES string of the molecule is CCCC(COc1cccc(-c2nc(Cl)c(C)c(NC3CCOCC3)n2)c1)O[Si](C)(C)C(C)(C)C. The van der Waals surface area contributed by atoms with Crippen LogP contribution in [-0.2, 0) is 9.16 Å². The first-order chi connectivity index (χ1) is 16.5. The van der Waals surface area contributed by atoms with Crippen LogP contribution in [0.1, 0.15) is 58.9 Å². The van der Waals surface area contributed by atoms with Gasteiger partial charge in [-0.05, 0) is 56.5 Å². The molecular weight excluding hydrogens is 478 g/mol. The number of ether oxygens (including phenoxy) is 2. The van der Waals surface area contributed by atoms with Crippen LogP contribution in [0.25, 0.3) is 11.4 Å². The second-order valence-corrected chi connectivity index (χ2v) is 16.1. The van der Waals surface area contributed by atoms with Gasteiger partial charge >= 0.3 is 0 Å². The summed E-state index contributed by atoms with van der Waals surface area (Å²) >= 11 is 6.50. The molecule has 0 bridgehead atoms. The van der Waals surface area contributed by atoms with Crippen LogP contribution >= 0.6 is 11.6 Å². The lowest BCUT2D eigenvalue weighted by Crippen LogP contribution is -2.45. The number of halogens is 1. The fourth-order valence-electron chi connectivity index (χ4n) is 3.80. The van der Waals surface area contributed by atoms with Crippen LogP contribution in [0.3, 0.4) is 0 Å². The Kier molecular flexibility index (Phi) is 9.60. The summed E-state index contributed by atoms with van der Waals surface area (Å²) in [4.78, 5) is 9.37. The Labute approximate surface area is 217 Å². The molecule has 0 radical (unpaired) electrons. The molecule has 2 aromatic rings. The van der Waals surface area contributed by atoms with Crippen molar-refractivity contribution >= 4 is 25.7 Å². The molecule has 1 N–H and O–H groups in total. The van der Waals surface area contributed by atoms with Crippen molar-refractivity contribution in [1.29, 1.82) is 0 Å². The van der Waals surface area contributed by atoms with Gasteiger partial charge in [-0.3, -0.25) is 0 Å². The van der Waals surface area contributed by atoms with Crippen molar-refractivity contribution in [1.82, 2.24) is 9.97 Å². The molecule has 1 aromatic carbocycles. The number of anilines is 1. The summed E-state index contributed by atoms with van der Waals surface area (Å²) in [5, 5.41) is 4.17. The average molecular weight is 520 g/mol. The van der Waals surface area contributed by atoms with E-state index in [1.54, 1.807) is 0 Å². The Morgan fingerprint density at radius 2 is 1.91 bits per heavy atom. The molecule has 35 heavy (non-hydrogen) atoms. The van der Waals surface area contributed by atoms with E-state index in [4.69, 9.17) is 30.5 Å².